The highest BCUT2D eigenvalue weighted by Crippen LogP contribution is 2.29. The predicted octanol–water partition coefficient (Wildman–Crippen LogP) is 3.35. The van der Waals surface area contributed by atoms with Gasteiger partial charge in [0.25, 0.3) is 0 Å². The molecule has 1 atom stereocenters. The lowest BCUT2D eigenvalue weighted by Gasteiger charge is -2.37. The lowest BCUT2D eigenvalue weighted by atomic mass is 10.2. The number of hydrogen-bond donors (Lipinski definition) is 0. The van der Waals surface area contributed by atoms with Gasteiger partial charge in [-0.1, -0.05) is 0 Å². The van der Waals surface area contributed by atoms with E-state index in [0.717, 1.165) is 10.7 Å². The molecule has 1 amide bonds. The molecule has 11 heteroatoms. The Morgan fingerprint density at radius 2 is 1.93 bits per heavy atom. The fourth-order valence-electron chi connectivity index (χ4n) is 3.10. The summed E-state index contributed by atoms with van der Waals surface area (Å²) < 4.78 is 57.8. The number of hydrogen-bond acceptors (Lipinski definition) is 5. The zero-order valence-corrected chi connectivity index (χ0v) is 17.8. The van der Waals surface area contributed by atoms with E-state index in [0.29, 0.717) is 31.9 Å². The van der Waals surface area contributed by atoms with Gasteiger partial charge in [0, 0.05) is 38.8 Å². The van der Waals surface area contributed by atoms with Crippen LogP contribution < -0.4 is 9.64 Å². The third kappa shape index (κ3) is 6.13. The van der Waals surface area contributed by atoms with Crippen LogP contribution in [0.2, 0.25) is 0 Å². The minimum atomic E-state index is -4.67. The molecule has 168 valence electrons. The smallest absolute Gasteiger partial charge is 0.432 e. The molecule has 1 aromatic rings. The molecule has 0 saturated carbocycles. The van der Waals surface area contributed by atoms with Crippen molar-refractivity contribution in [3.05, 3.63) is 24.0 Å². The number of hydrazone groups is 1. The number of piperazine rings is 1. The molecule has 0 spiro atoms. The van der Waals surface area contributed by atoms with Crippen molar-refractivity contribution in [2.45, 2.75) is 25.4 Å². The van der Waals surface area contributed by atoms with Gasteiger partial charge in [0.1, 0.15) is 18.1 Å². The molecule has 1 fully saturated rings. The number of anilines is 1. The normalized spacial score (nSPS) is 16.5. The Hall–Kier alpha value is -2.23. The van der Waals surface area contributed by atoms with Crippen molar-refractivity contribution < 1.29 is 27.1 Å². The monoisotopic (exact) mass is 452 g/mol. The molecule has 1 heterocycles. The maximum atomic E-state index is 13.4. The summed E-state index contributed by atoms with van der Waals surface area (Å²) in [6, 6.07) is 4.24. The maximum absolute atomic E-state index is 13.4. The van der Waals surface area contributed by atoms with E-state index in [1.54, 1.807) is 17.9 Å². The van der Waals surface area contributed by atoms with Crippen LogP contribution in [0.25, 0.3) is 0 Å². The summed E-state index contributed by atoms with van der Waals surface area (Å²) in [7, 11) is 1.45. The molecular weight excluding hydrogens is 428 g/mol. The Morgan fingerprint density at radius 1 is 1.30 bits per heavy atom. The first-order valence-corrected chi connectivity index (χ1v) is 9.91. The number of carbonyl (C=O) groups is 1. The van der Waals surface area contributed by atoms with Crippen molar-refractivity contribution in [1.29, 1.82) is 0 Å². The van der Waals surface area contributed by atoms with Crippen LogP contribution in [0.5, 0.6) is 5.75 Å². The number of likely N-dealkylation sites (N-methyl/N-ethyl adjacent to an activating group) is 1. The topological polar surface area (TPSA) is 48.4 Å². The van der Waals surface area contributed by atoms with Gasteiger partial charge in [-0.15, -0.1) is 11.6 Å². The molecule has 1 aromatic carbocycles. The lowest BCUT2D eigenvalue weighted by molar-refractivity contribution is -0.132. The zero-order chi connectivity index (χ0) is 22.5. The molecule has 0 aromatic heterocycles. The van der Waals surface area contributed by atoms with Gasteiger partial charge in [-0.2, -0.15) is 18.3 Å². The van der Waals surface area contributed by atoms with Crippen LogP contribution >= 0.6 is 11.6 Å². The van der Waals surface area contributed by atoms with Crippen LogP contribution in [-0.2, 0) is 4.79 Å². The molecular formula is C19H25ClF4N4O2. The maximum Gasteiger partial charge on any atom is 0.432 e. The highest BCUT2D eigenvalue weighted by molar-refractivity contribution is 6.32. The van der Waals surface area contributed by atoms with E-state index >= 15 is 0 Å². The van der Waals surface area contributed by atoms with Gasteiger partial charge in [0.05, 0.1) is 18.2 Å². The zero-order valence-electron chi connectivity index (χ0n) is 17.0. The first-order valence-electron chi connectivity index (χ1n) is 9.47. The second-order valence-corrected chi connectivity index (χ2v) is 7.42. The van der Waals surface area contributed by atoms with E-state index in [2.05, 4.69) is 5.10 Å². The van der Waals surface area contributed by atoms with Crippen molar-refractivity contribution in [2.24, 2.45) is 5.10 Å². The van der Waals surface area contributed by atoms with Crippen molar-refractivity contribution in [3.8, 4) is 5.75 Å². The van der Waals surface area contributed by atoms with Gasteiger partial charge in [-0.25, -0.2) is 4.39 Å². The van der Waals surface area contributed by atoms with Crippen LogP contribution in [0, 0.1) is 5.82 Å². The van der Waals surface area contributed by atoms with Gasteiger partial charge in [0.15, 0.2) is 5.71 Å². The first kappa shape index (κ1) is 24.0. The number of alkyl halides is 4. The fraction of sp³-hybridized carbons (Fsp3) is 0.579. The van der Waals surface area contributed by atoms with E-state index in [1.165, 1.54) is 26.2 Å². The predicted molar refractivity (Wildman–Crippen MR) is 108 cm³/mol. The van der Waals surface area contributed by atoms with Crippen LogP contribution in [-0.4, -0.2) is 79.5 Å². The standard InChI is InChI=1S/C19H25ClF4N4O2/c1-4-28(25-18(13(2)20)19(22,23)24)12-17(29)27-9-7-26(8-10-27)15-6-5-14(21)11-16(15)30-3/h5-6,11,13H,4,7-10,12H2,1-3H3/b25-18+. The van der Waals surface area contributed by atoms with Crippen molar-refractivity contribution >= 4 is 28.9 Å². The van der Waals surface area contributed by atoms with Gasteiger partial charge in [-0.3, -0.25) is 9.80 Å². The molecule has 1 aliphatic rings. The number of halogens is 5. The van der Waals surface area contributed by atoms with Gasteiger partial charge < -0.3 is 14.5 Å². The third-order valence-corrected chi connectivity index (χ3v) is 4.92. The van der Waals surface area contributed by atoms with Crippen LogP contribution in [0.1, 0.15) is 13.8 Å². The van der Waals surface area contributed by atoms with E-state index in [-0.39, 0.29) is 19.0 Å². The fourth-order valence-corrected chi connectivity index (χ4v) is 3.26. The Morgan fingerprint density at radius 3 is 2.43 bits per heavy atom. The average molecular weight is 453 g/mol. The Balaban J connectivity index is 2.01. The summed E-state index contributed by atoms with van der Waals surface area (Å²) in [4.78, 5) is 16.1. The lowest BCUT2D eigenvalue weighted by Crippen LogP contribution is -2.51. The molecule has 2 rings (SSSR count). The van der Waals surface area contributed by atoms with E-state index < -0.39 is 23.1 Å². The van der Waals surface area contributed by atoms with Crippen LogP contribution in [0.15, 0.2) is 23.3 Å². The third-order valence-electron chi connectivity index (χ3n) is 4.71. The van der Waals surface area contributed by atoms with Crippen molar-refractivity contribution in [2.75, 3.05) is 51.3 Å². The number of nitrogens with zero attached hydrogens (tertiary/aromatic N) is 4. The molecule has 6 nitrogen and oxygen atoms in total. The highest BCUT2D eigenvalue weighted by Gasteiger charge is 2.39. The second kappa shape index (κ2) is 10.2. The minimum absolute atomic E-state index is 0.127. The second-order valence-electron chi connectivity index (χ2n) is 6.76. The first-order chi connectivity index (χ1) is 14.1. The van der Waals surface area contributed by atoms with Crippen molar-refractivity contribution in [3.63, 3.8) is 0 Å². The SMILES string of the molecule is CCN(CC(=O)N1CCN(c2ccc(F)cc2OC)CC1)/N=C(\C(C)Cl)C(F)(F)F. The molecule has 1 unspecified atom stereocenters. The average Bonchev–Trinajstić information content (AvgIpc) is 2.69. The quantitative estimate of drug-likeness (QED) is 0.275. The number of amides is 1. The summed E-state index contributed by atoms with van der Waals surface area (Å²) >= 11 is 5.61. The summed E-state index contributed by atoms with van der Waals surface area (Å²) in [5.74, 6) is -0.333. The number of rotatable bonds is 7. The van der Waals surface area contributed by atoms with Crippen LogP contribution in [0.4, 0.5) is 23.2 Å². The van der Waals surface area contributed by atoms with Gasteiger partial charge in [0.2, 0.25) is 5.91 Å². The largest absolute Gasteiger partial charge is 0.494 e. The summed E-state index contributed by atoms with van der Waals surface area (Å²) in [6.07, 6.45) is -4.67. The summed E-state index contributed by atoms with van der Waals surface area (Å²) in [5.41, 5.74) is -0.413. The number of ether oxygens (including phenoxy) is 1. The number of benzene rings is 1. The van der Waals surface area contributed by atoms with Gasteiger partial charge >= 0.3 is 6.18 Å². The highest BCUT2D eigenvalue weighted by atomic mass is 35.5. The van der Waals surface area contributed by atoms with E-state index in [9.17, 15) is 22.4 Å². The molecule has 0 radical (unpaired) electrons. The molecule has 1 saturated heterocycles. The molecule has 0 bridgehead atoms. The summed E-state index contributed by atoms with van der Waals surface area (Å²) in [5, 5.41) is 3.32. The summed E-state index contributed by atoms with van der Waals surface area (Å²) in [6.45, 7) is 4.36. The molecule has 30 heavy (non-hydrogen) atoms. The Kier molecular flexibility index (Phi) is 8.17. The molecule has 1 aliphatic heterocycles. The molecule has 0 N–H and O–H groups in total. The Labute approximate surface area is 178 Å². The van der Waals surface area contributed by atoms with Gasteiger partial charge in [-0.05, 0) is 26.0 Å². The molecule has 0 aliphatic carbocycles. The number of carbonyl (C=O) groups excluding carboxylic acids is 1. The van der Waals surface area contributed by atoms with E-state index in [4.69, 9.17) is 16.3 Å². The number of methoxy groups -OCH3 is 1. The van der Waals surface area contributed by atoms with Crippen molar-refractivity contribution in [1.82, 2.24) is 9.91 Å². The van der Waals surface area contributed by atoms with E-state index in [1.807, 2.05) is 4.90 Å². The Bertz CT molecular complexity index is 765. The van der Waals surface area contributed by atoms with Crippen LogP contribution in [0.3, 0.4) is 0 Å². The minimum Gasteiger partial charge on any atom is -0.494 e.